The first-order valence-electron chi connectivity index (χ1n) is 2.97. The fourth-order valence-electron chi connectivity index (χ4n) is 0.666. The van der Waals surface area contributed by atoms with Crippen molar-refractivity contribution in [2.75, 3.05) is 12.4 Å². The Morgan fingerprint density at radius 2 is 2.40 bits per heavy atom. The smallest absolute Gasteiger partial charge is 0.168 e. The predicted octanol–water partition coefficient (Wildman–Crippen LogP) is 0.138. The number of rotatable bonds is 2. The quantitative estimate of drug-likeness (QED) is 0.642. The van der Waals surface area contributed by atoms with E-state index in [1.807, 2.05) is 0 Å². The second-order valence-corrected chi connectivity index (χ2v) is 1.97. The molecular weight excluding hydrogens is 135 g/mol. The first-order valence-corrected chi connectivity index (χ1v) is 2.97. The number of hydrogen-bond donors (Lipinski definition) is 1. The van der Waals surface area contributed by atoms with Gasteiger partial charge in [0, 0.05) is 0 Å². The Hall–Kier alpha value is -1.13. The highest BCUT2D eigenvalue weighted by atomic mass is 19.1. The van der Waals surface area contributed by atoms with E-state index >= 15 is 0 Å². The molecule has 56 valence electrons. The molecule has 1 heterocycles. The fraction of sp³-hybridized carbons (Fsp3) is 0.600. The molecule has 0 unspecified atom stereocenters. The molecule has 0 aliphatic rings. The average Bonchev–Trinajstić information content (AvgIpc) is 2.20. The van der Waals surface area contributed by atoms with Crippen molar-refractivity contribution in [3.8, 4) is 0 Å². The zero-order chi connectivity index (χ0) is 7.56. The van der Waals surface area contributed by atoms with E-state index in [-0.39, 0.29) is 6.54 Å². The molecule has 1 aromatic heterocycles. The minimum atomic E-state index is -0.441. The van der Waals surface area contributed by atoms with Gasteiger partial charge < -0.3 is 5.73 Å². The summed E-state index contributed by atoms with van der Waals surface area (Å²) in [4.78, 5) is 0. The van der Waals surface area contributed by atoms with Crippen molar-refractivity contribution in [3.05, 3.63) is 5.69 Å². The molecule has 0 fully saturated rings. The van der Waals surface area contributed by atoms with Crippen molar-refractivity contribution in [2.45, 2.75) is 13.5 Å². The Bertz CT molecular complexity index is 219. The van der Waals surface area contributed by atoms with Crippen LogP contribution in [0, 0.1) is 6.92 Å². The summed E-state index contributed by atoms with van der Waals surface area (Å²) in [5.74, 6) is 0.369. The van der Waals surface area contributed by atoms with Gasteiger partial charge in [-0.2, -0.15) is 0 Å². The maximum absolute atomic E-state index is 11.7. The SMILES string of the molecule is Cc1c(N)nnn1CCF. The molecule has 1 rings (SSSR count). The second kappa shape index (κ2) is 2.64. The summed E-state index contributed by atoms with van der Waals surface area (Å²) in [6.45, 7) is 1.55. The van der Waals surface area contributed by atoms with Gasteiger partial charge in [-0.3, -0.25) is 0 Å². The van der Waals surface area contributed by atoms with E-state index in [0.717, 1.165) is 5.69 Å². The van der Waals surface area contributed by atoms with Crippen molar-refractivity contribution in [2.24, 2.45) is 0 Å². The normalized spacial score (nSPS) is 10.2. The molecule has 5 heteroatoms. The summed E-state index contributed by atoms with van der Waals surface area (Å²) < 4.78 is 13.2. The van der Waals surface area contributed by atoms with Gasteiger partial charge >= 0.3 is 0 Å². The molecule has 0 saturated carbocycles. The van der Waals surface area contributed by atoms with Gasteiger partial charge in [-0.05, 0) is 6.92 Å². The van der Waals surface area contributed by atoms with E-state index in [0.29, 0.717) is 5.82 Å². The van der Waals surface area contributed by atoms with Crippen LogP contribution >= 0.6 is 0 Å². The van der Waals surface area contributed by atoms with Crippen LogP contribution in [-0.4, -0.2) is 21.7 Å². The Morgan fingerprint density at radius 1 is 1.70 bits per heavy atom. The van der Waals surface area contributed by atoms with Gasteiger partial charge in [0.1, 0.15) is 6.67 Å². The zero-order valence-corrected chi connectivity index (χ0v) is 5.71. The number of nitrogen functional groups attached to an aromatic ring is 1. The second-order valence-electron chi connectivity index (χ2n) is 1.97. The van der Waals surface area contributed by atoms with Gasteiger partial charge in [0.25, 0.3) is 0 Å². The minimum Gasteiger partial charge on any atom is -0.381 e. The summed E-state index contributed by atoms with van der Waals surface area (Å²) in [5, 5.41) is 7.17. The number of hydrogen-bond acceptors (Lipinski definition) is 3. The lowest BCUT2D eigenvalue weighted by atomic mass is 10.5. The van der Waals surface area contributed by atoms with Crippen molar-refractivity contribution in [1.82, 2.24) is 15.0 Å². The minimum absolute atomic E-state index is 0.232. The Morgan fingerprint density at radius 3 is 2.80 bits per heavy atom. The standard InChI is InChI=1S/C5H9FN4/c1-4-5(7)8-9-10(4)3-2-6/h2-3,7H2,1H3. The molecule has 10 heavy (non-hydrogen) atoms. The summed E-state index contributed by atoms with van der Waals surface area (Å²) in [5.41, 5.74) is 6.07. The van der Waals surface area contributed by atoms with Crippen LogP contribution in [0.15, 0.2) is 0 Å². The van der Waals surface area contributed by atoms with Crippen LogP contribution in [0.1, 0.15) is 5.69 Å². The third-order valence-corrected chi connectivity index (χ3v) is 1.31. The van der Waals surface area contributed by atoms with E-state index < -0.39 is 6.67 Å². The predicted molar refractivity (Wildman–Crippen MR) is 35.1 cm³/mol. The van der Waals surface area contributed by atoms with Gasteiger partial charge in [-0.1, -0.05) is 5.21 Å². The Labute approximate surface area is 57.8 Å². The number of anilines is 1. The van der Waals surface area contributed by atoms with Gasteiger partial charge in [-0.25, -0.2) is 9.07 Å². The first-order chi connectivity index (χ1) is 4.75. The zero-order valence-electron chi connectivity index (χ0n) is 5.71. The number of aryl methyl sites for hydroxylation is 1. The molecule has 0 amide bonds. The number of nitrogens with zero attached hydrogens (tertiary/aromatic N) is 3. The lowest BCUT2D eigenvalue weighted by molar-refractivity contribution is 0.418. The lowest BCUT2D eigenvalue weighted by Gasteiger charge is -1.96. The van der Waals surface area contributed by atoms with Crippen LogP contribution in [0.25, 0.3) is 0 Å². The summed E-state index contributed by atoms with van der Waals surface area (Å²) in [6.07, 6.45) is 0. The highest BCUT2D eigenvalue weighted by Crippen LogP contribution is 2.03. The summed E-state index contributed by atoms with van der Waals surface area (Å²) >= 11 is 0. The van der Waals surface area contributed by atoms with Crippen LogP contribution in [-0.2, 0) is 6.54 Å². The molecule has 0 atom stereocenters. The maximum Gasteiger partial charge on any atom is 0.168 e. The highest BCUT2D eigenvalue weighted by Gasteiger charge is 2.02. The molecule has 0 spiro atoms. The van der Waals surface area contributed by atoms with Crippen molar-refractivity contribution in [3.63, 3.8) is 0 Å². The average molecular weight is 144 g/mol. The lowest BCUT2D eigenvalue weighted by Crippen LogP contribution is -2.04. The van der Waals surface area contributed by atoms with Crippen LogP contribution in [0.2, 0.25) is 0 Å². The molecule has 0 saturated heterocycles. The molecule has 0 aliphatic carbocycles. The van der Waals surface area contributed by atoms with Crippen LogP contribution < -0.4 is 5.73 Å². The molecular formula is C5H9FN4. The van der Waals surface area contributed by atoms with Crippen molar-refractivity contribution < 1.29 is 4.39 Å². The van der Waals surface area contributed by atoms with Gasteiger partial charge in [0.15, 0.2) is 5.82 Å². The van der Waals surface area contributed by atoms with Crippen LogP contribution in [0.3, 0.4) is 0 Å². The maximum atomic E-state index is 11.7. The summed E-state index contributed by atoms with van der Waals surface area (Å²) in [7, 11) is 0. The number of nitrogens with two attached hydrogens (primary N) is 1. The Balaban J connectivity index is 2.83. The Kier molecular flexibility index (Phi) is 1.84. The number of aromatic nitrogens is 3. The molecule has 0 radical (unpaired) electrons. The monoisotopic (exact) mass is 144 g/mol. The molecule has 2 N–H and O–H groups in total. The molecule has 0 aliphatic heterocycles. The first kappa shape index (κ1) is 6.98. The third kappa shape index (κ3) is 1.07. The van der Waals surface area contributed by atoms with E-state index in [4.69, 9.17) is 5.73 Å². The van der Waals surface area contributed by atoms with E-state index in [1.165, 1.54) is 4.68 Å². The van der Waals surface area contributed by atoms with E-state index in [9.17, 15) is 4.39 Å². The molecule has 1 aromatic rings. The van der Waals surface area contributed by atoms with Gasteiger partial charge in [0.2, 0.25) is 0 Å². The van der Waals surface area contributed by atoms with E-state index in [2.05, 4.69) is 10.3 Å². The number of alkyl halides is 1. The molecule has 0 bridgehead atoms. The highest BCUT2D eigenvalue weighted by molar-refractivity contribution is 5.30. The number of halogens is 1. The van der Waals surface area contributed by atoms with E-state index in [1.54, 1.807) is 6.92 Å². The van der Waals surface area contributed by atoms with Crippen LogP contribution in [0.4, 0.5) is 10.2 Å². The van der Waals surface area contributed by atoms with Gasteiger partial charge in [-0.15, -0.1) is 5.10 Å². The topological polar surface area (TPSA) is 56.7 Å². The third-order valence-electron chi connectivity index (χ3n) is 1.31. The molecule has 0 aromatic carbocycles. The van der Waals surface area contributed by atoms with Crippen molar-refractivity contribution >= 4 is 5.82 Å². The van der Waals surface area contributed by atoms with Crippen LogP contribution in [0.5, 0.6) is 0 Å². The van der Waals surface area contributed by atoms with Crippen molar-refractivity contribution in [1.29, 1.82) is 0 Å². The summed E-state index contributed by atoms with van der Waals surface area (Å²) in [6, 6.07) is 0. The molecule has 4 nitrogen and oxygen atoms in total. The van der Waals surface area contributed by atoms with Gasteiger partial charge in [0.05, 0.1) is 12.2 Å². The largest absolute Gasteiger partial charge is 0.381 e. The fourth-order valence-corrected chi connectivity index (χ4v) is 0.666.